The number of para-hydroxylation sites is 2. The summed E-state index contributed by atoms with van der Waals surface area (Å²) in [6.07, 6.45) is 3.56. The molecule has 0 amide bonds. The number of aromatic amines is 1. The van der Waals surface area contributed by atoms with E-state index in [0.717, 1.165) is 35.4 Å². The summed E-state index contributed by atoms with van der Waals surface area (Å²) in [7, 11) is 2.91. The van der Waals surface area contributed by atoms with Gasteiger partial charge in [-0.25, -0.2) is 4.98 Å². The van der Waals surface area contributed by atoms with Gasteiger partial charge in [0, 0.05) is 36.7 Å². The average molecular weight is 496 g/mol. The first-order chi connectivity index (χ1) is 16.9. The minimum absolute atomic E-state index is 0.128. The lowest BCUT2D eigenvalue weighted by molar-refractivity contribution is -0.129. The van der Waals surface area contributed by atoms with E-state index in [0.29, 0.717) is 18.7 Å². The van der Waals surface area contributed by atoms with Gasteiger partial charge in [0.2, 0.25) is 17.2 Å². The predicted molar refractivity (Wildman–Crippen MR) is 132 cm³/mol. The van der Waals surface area contributed by atoms with Crippen LogP contribution in [0.5, 0.6) is 17.2 Å². The van der Waals surface area contributed by atoms with Gasteiger partial charge < -0.3 is 24.5 Å². The molecule has 0 radical (unpaired) electrons. The van der Waals surface area contributed by atoms with Gasteiger partial charge in [-0.05, 0) is 25.0 Å². The minimum atomic E-state index is -1.66. The Balaban J connectivity index is 1.29. The van der Waals surface area contributed by atoms with Crippen LogP contribution in [0.3, 0.4) is 0 Å². The molecule has 0 bridgehead atoms. The van der Waals surface area contributed by atoms with Gasteiger partial charge in [0.25, 0.3) is 0 Å². The van der Waals surface area contributed by atoms with Crippen molar-refractivity contribution in [2.24, 2.45) is 5.92 Å². The maximum absolute atomic E-state index is 13.5. The van der Waals surface area contributed by atoms with Gasteiger partial charge in [-0.2, -0.15) is 0 Å². The van der Waals surface area contributed by atoms with E-state index in [1.54, 1.807) is 0 Å². The van der Waals surface area contributed by atoms with Crippen molar-refractivity contribution in [2.45, 2.75) is 31.8 Å². The molecule has 1 aliphatic heterocycles. The molecule has 35 heavy (non-hydrogen) atoms. The second kappa shape index (κ2) is 8.92. The molecule has 0 saturated heterocycles. The number of methoxy groups -OCH3 is 2. The molecule has 1 spiro atoms. The van der Waals surface area contributed by atoms with Crippen molar-refractivity contribution < 1.29 is 23.8 Å². The van der Waals surface area contributed by atoms with E-state index in [2.05, 4.69) is 15.3 Å². The van der Waals surface area contributed by atoms with Crippen molar-refractivity contribution in [3.63, 3.8) is 0 Å². The summed E-state index contributed by atoms with van der Waals surface area (Å²) in [4.78, 5) is 34.8. The van der Waals surface area contributed by atoms with Gasteiger partial charge in [-0.1, -0.05) is 30.7 Å². The number of fused-ring (bicyclic) bond motifs is 2. The van der Waals surface area contributed by atoms with Crippen LogP contribution in [0.1, 0.15) is 35.9 Å². The number of nitrogens with zero attached hydrogens (tertiary/aromatic N) is 1. The largest absolute Gasteiger partial charge is 0.496 e. The lowest BCUT2D eigenvalue weighted by Crippen LogP contribution is -2.55. The quantitative estimate of drug-likeness (QED) is 0.373. The fourth-order valence-corrected chi connectivity index (χ4v) is 5.15. The van der Waals surface area contributed by atoms with Crippen LogP contribution in [-0.4, -0.2) is 47.9 Å². The fourth-order valence-electron chi connectivity index (χ4n) is 4.88. The normalized spacial score (nSPS) is 21.1. The SMILES string of the molecule is COc1cc(OC)c2c(c1Cl)OC1(C(=O)C=C(NCCCc3nc4ccccc4[nH]3)CC1C)C2=O. The van der Waals surface area contributed by atoms with Gasteiger partial charge in [0.15, 0.2) is 5.75 Å². The van der Waals surface area contributed by atoms with Crippen LogP contribution >= 0.6 is 11.6 Å². The van der Waals surface area contributed by atoms with Gasteiger partial charge in [0.1, 0.15) is 27.9 Å². The van der Waals surface area contributed by atoms with Crippen LogP contribution < -0.4 is 19.5 Å². The first-order valence-electron chi connectivity index (χ1n) is 11.5. The molecule has 182 valence electrons. The second-order valence-corrected chi connectivity index (χ2v) is 9.21. The smallest absolute Gasteiger partial charge is 0.236 e. The van der Waals surface area contributed by atoms with Crippen LogP contribution in [0.25, 0.3) is 11.0 Å². The van der Waals surface area contributed by atoms with Crippen molar-refractivity contribution in [2.75, 3.05) is 20.8 Å². The lowest BCUT2D eigenvalue weighted by atomic mass is 9.74. The number of ether oxygens (including phenoxy) is 3. The molecule has 2 aliphatic rings. The van der Waals surface area contributed by atoms with Gasteiger partial charge in [0.05, 0.1) is 25.3 Å². The first-order valence-corrected chi connectivity index (χ1v) is 11.9. The minimum Gasteiger partial charge on any atom is -0.496 e. The zero-order chi connectivity index (χ0) is 24.7. The number of rotatable bonds is 7. The number of H-pyrrole nitrogens is 1. The Morgan fingerprint density at radius 2 is 2.00 bits per heavy atom. The highest BCUT2D eigenvalue weighted by Crippen LogP contribution is 2.52. The molecule has 2 heterocycles. The number of hydrogen-bond acceptors (Lipinski definition) is 7. The summed E-state index contributed by atoms with van der Waals surface area (Å²) in [6.45, 7) is 2.50. The molecule has 1 aliphatic carbocycles. The number of Topliss-reactive ketones (excluding diaryl/α,β-unsaturated/α-hetero) is 1. The molecular formula is C26H26ClN3O5. The van der Waals surface area contributed by atoms with Crippen molar-refractivity contribution >= 4 is 34.2 Å². The number of carbonyl (C=O) groups is 2. The molecule has 2 N–H and O–H groups in total. The molecule has 9 heteroatoms. The Morgan fingerprint density at radius 1 is 1.23 bits per heavy atom. The summed E-state index contributed by atoms with van der Waals surface area (Å²) >= 11 is 6.43. The van der Waals surface area contributed by atoms with Crippen LogP contribution in [-0.2, 0) is 11.2 Å². The van der Waals surface area contributed by atoms with E-state index >= 15 is 0 Å². The third-order valence-corrected chi connectivity index (χ3v) is 7.05. The van der Waals surface area contributed by atoms with E-state index in [4.69, 9.17) is 25.8 Å². The highest BCUT2D eigenvalue weighted by Gasteiger charge is 2.60. The number of ketones is 2. The highest BCUT2D eigenvalue weighted by molar-refractivity contribution is 6.36. The van der Waals surface area contributed by atoms with E-state index in [1.165, 1.54) is 26.4 Å². The second-order valence-electron chi connectivity index (χ2n) is 8.84. The maximum Gasteiger partial charge on any atom is 0.236 e. The zero-order valence-electron chi connectivity index (χ0n) is 19.7. The zero-order valence-corrected chi connectivity index (χ0v) is 20.5. The highest BCUT2D eigenvalue weighted by atomic mass is 35.5. The summed E-state index contributed by atoms with van der Waals surface area (Å²) in [5, 5.41) is 3.49. The Bertz CT molecular complexity index is 1330. The molecular weight excluding hydrogens is 470 g/mol. The van der Waals surface area contributed by atoms with Crippen LogP contribution in [0.2, 0.25) is 5.02 Å². The summed E-state index contributed by atoms with van der Waals surface area (Å²) < 4.78 is 16.7. The van der Waals surface area contributed by atoms with E-state index in [9.17, 15) is 9.59 Å². The predicted octanol–water partition coefficient (Wildman–Crippen LogP) is 4.26. The molecule has 8 nitrogen and oxygen atoms in total. The lowest BCUT2D eigenvalue weighted by Gasteiger charge is -2.35. The molecule has 2 aromatic carbocycles. The molecule has 2 atom stereocenters. The topological polar surface area (TPSA) is 103 Å². The molecule has 0 saturated carbocycles. The Hall–Kier alpha value is -3.52. The number of allylic oxidation sites excluding steroid dienone is 1. The van der Waals surface area contributed by atoms with E-state index < -0.39 is 23.1 Å². The van der Waals surface area contributed by atoms with Crippen molar-refractivity contribution in [1.29, 1.82) is 0 Å². The molecule has 2 unspecified atom stereocenters. The Labute approximate surface area is 207 Å². The van der Waals surface area contributed by atoms with E-state index in [-0.39, 0.29) is 22.1 Å². The summed E-state index contributed by atoms with van der Waals surface area (Å²) in [5.41, 5.74) is 1.26. The number of benzene rings is 2. The number of hydrogen-bond donors (Lipinski definition) is 2. The number of nitrogens with one attached hydrogen (secondary N) is 2. The number of halogens is 1. The van der Waals surface area contributed by atoms with Gasteiger partial charge in [-0.3, -0.25) is 9.59 Å². The Morgan fingerprint density at radius 3 is 2.71 bits per heavy atom. The molecule has 0 fully saturated rings. The average Bonchev–Trinajstić information content (AvgIpc) is 3.41. The van der Waals surface area contributed by atoms with Crippen molar-refractivity contribution in [1.82, 2.24) is 15.3 Å². The first kappa shape index (κ1) is 23.2. The monoisotopic (exact) mass is 495 g/mol. The molecule has 5 rings (SSSR count). The fraction of sp³-hybridized carbons (Fsp3) is 0.346. The third kappa shape index (κ3) is 3.72. The summed E-state index contributed by atoms with van der Waals surface area (Å²) in [6, 6.07) is 9.46. The van der Waals surface area contributed by atoms with Gasteiger partial charge in [-0.15, -0.1) is 0 Å². The molecule has 1 aromatic heterocycles. The molecule has 3 aromatic rings. The van der Waals surface area contributed by atoms with E-state index in [1.807, 2.05) is 31.2 Å². The van der Waals surface area contributed by atoms with Crippen LogP contribution in [0.4, 0.5) is 0 Å². The number of aryl methyl sites for hydroxylation is 1. The number of aromatic nitrogens is 2. The van der Waals surface area contributed by atoms with Crippen molar-refractivity contribution in [3.8, 4) is 17.2 Å². The number of carbonyl (C=O) groups excluding carboxylic acids is 2. The van der Waals surface area contributed by atoms with Crippen LogP contribution in [0, 0.1) is 5.92 Å². The van der Waals surface area contributed by atoms with Gasteiger partial charge >= 0.3 is 0 Å². The maximum atomic E-state index is 13.5. The van der Waals surface area contributed by atoms with Crippen LogP contribution in [0.15, 0.2) is 42.1 Å². The Kier molecular flexibility index (Phi) is 5.92. The standard InChI is InChI=1S/C26H26ClN3O5/c1-14-11-15(28-10-6-9-21-29-16-7-4-5-8-17(16)30-21)12-20(31)26(14)25(32)22-18(33-2)13-19(34-3)23(27)24(22)35-26/h4-5,7-8,12-14,28H,6,9-11H2,1-3H3,(H,29,30). The third-order valence-electron chi connectivity index (χ3n) is 6.69. The number of imidazole rings is 1. The van der Waals surface area contributed by atoms with Crippen molar-refractivity contribution in [3.05, 3.63) is 58.5 Å². The summed E-state index contributed by atoms with van der Waals surface area (Å²) in [5.74, 6) is 0.374.